The lowest BCUT2D eigenvalue weighted by Gasteiger charge is -2.03. The highest BCUT2D eigenvalue weighted by atomic mass is 35.5. The molecule has 12 heteroatoms. The lowest BCUT2D eigenvalue weighted by Crippen LogP contribution is -2.23. The van der Waals surface area contributed by atoms with Crippen molar-refractivity contribution < 1.29 is 9.59 Å². The summed E-state index contributed by atoms with van der Waals surface area (Å²) in [7, 11) is 0. The lowest BCUT2D eigenvalue weighted by atomic mass is 10.2. The quantitative estimate of drug-likeness (QED) is 0.238. The number of aromatic nitrogens is 3. The number of thiophene rings is 1. The number of hydrogen-bond acceptors (Lipinski definition) is 6. The van der Waals surface area contributed by atoms with Crippen LogP contribution in [0.1, 0.15) is 43.1 Å². The number of benzene rings is 1. The van der Waals surface area contributed by atoms with Crippen LogP contribution in [0.2, 0.25) is 10.0 Å². The van der Waals surface area contributed by atoms with Crippen LogP contribution >= 0.6 is 34.5 Å². The number of carbonyl (C=O) groups excluding carboxylic acids is 2. The van der Waals surface area contributed by atoms with Gasteiger partial charge >= 0.3 is 0 Å². The second-order valence-corrected chi connectivity index (χ2v) is 9.59. The highest BCUT2D eigenvalue weighted by Crippen LogP contribution is 2.24. The van der Waals surface area contributed by atoms with Crippen molar-refractivity contribution in [2.75, 3.05) is 0 Å². The molecule has 0 fully saturated rings. The third-order valence-corrected chi connectivity index (χ3v) is 6.97. The molecule has 3 heterocycles. The van der Waals surface area contributed by atoms with Crippen LogP contribution in [0.5, 0.6) is 0 Å². The first-order valence-electron chi connectivity index (χ1n) is 10.6. The number of nitrogens with one attached hydrogen (secondary N) is 3. The molecular formula is C24H20Cl2N6O3S. The molecule has 3 aromatic heterocycles. The third-order valence-electron chi connectivity index (χ3n) is 5.15. The Morgan fingerprint density at radius 1 is 1.11 bits per heavy atom. The minimum Gasteiger partial charge on any atom is -0.347 e. The Morgan fingerprint density at radius 3 is 2.56 bits per heavy atom. The van der Waals surface area contributed by atoms with E-state index in [2.05, 4.69) is 25.9 Å². The van der Waals surface area contributed by atoms with Crippen LogP contribution in [0, 0.1) is 6.92 Å². The van der Waals surface area contributed by atoms with Crippen LogP contribution in [0.4, 0.5) is 0 Å². The van der Waals surface area contributed by atoms with Crippen LogP contribution in [0.15, 0.2) is 64.8 Å². The Morgan fingerprint density at radius 2 is 1.86 bits per heavy atom. The summed E-state index contributed by atoms with van der Waals surface area (Å²) in [5.41, 5.74) is 4.64. The number of halogens is 2. The van der Waals surface area contributed by atoms with Crippen LogP contribution in [0.25, 0.3) is 5.69 Å². The van der Waals surface area contributed by atoms with Gasteiger partial charge in [0.25, 0.3) is 17.4 Å². The van der Waals surface area contributed by atoms with Gasteiger partial charge in [-0.05, 0) is 55.8 Å². The Bertz CT molecular complexity index is 1520. The summed E-state index contributed by atoms with van der Waals surface area (Å²) < 4.78 is 1.32. The Kier molecular flexibility index (Phi) is 7.68. The van der Waals surface area contributed by atoms with Gasteiger partial charge in [-0.25, -0.2) is 10.1 Å². The van der Waals surface area contributed by atoms with E-state index in [1.807, 2.05) is 6.07 Å². The molecule has 9 nitrogen and oxygen atoms in total. The van der Waals surface area contributed by atoms with E-state index in [0.717, 1.165) is 16.9 Å². The molecule has 0 spiro atoms. The van der Waals surface area contributed by atoms with E-state index in [-0.39, 0.29) is 11.5 Å². The zero-order chi connectivity index (χ0) is 25.8. The molecule has 36 heavy (non-hydrogen) atoms. The molecule has 4 rings (SSSR count). The van der Waals surface area contributed by atoms with Gasteiger partial charge in [0.1, 0.15) is 0 Å². The van der Waals surface area contributed by atoms with E-state index in [0.29, 0.717) is 49.0 Å². The normalized spacial score (nSPS) is 11.4. The average molecular weight is 543 g/mol. The fourth-order valence-corrected chi connectivity index (χ4v) is 4.48. The van der Waals surface area contributed by atoms with Crippen LogP contribution < -0.4 is 16.3 Å². The van der Waals surface area contributed by atoms with E-state index in [4.69, 9.17) is 23.2 Å². The van der Waals surface area contributed by atoms with Crippen LogP contribution in [-0.2, 0) is 6.54 Å². The molecule has 0 atom stereocenters. The molecule has 4 aromatic rings. The van der Waals surface area contributed by atoms with Gasteiger partial charge in [-0.1, -0.05) is 29.3 Å². The fourth-order valence-electron chi connectivity index (χ4n) is 3.38. The van der Waals surface area contributed by atoms with E-state index in [1.165, 1.54) is 4.68 Å². The summed E-state index contributed by atoms with van der Waals surface area (Å²) in [6.07, 6.45) is 3.32. The smallest absolute Gasteiger partial charge is 0.281 e. The van der Waals surface area contributed by atoms with Crippen molar-refractivity contribution in [1.29, 1.82) is 0 Å². The average Bonchev–Trinajstić information content (AvgIpc) is 3.48. The third kappa shape index (κ3) is 5.56. The van der Waals surface area contributed by atoms with Crippen molar-refractivity contribution in [2.45, 2.75) is 20.4 Å². The highest BCUT2D eigenvalue weighted by molar-refractivity contribution is 7.15. The number of hydrazone groups is 1. The number of rotatable bonds is 7. The van der Waals surface area contributed by atoms with Crippen LogP contribution in [-0.4, -0.2) is 32.3 Å². The molecule has 0 aliphatic rings. The molecule has 1 aromatic carbocycles. The molecule has 0 aliphatic heterocycles. The van der Waals surface area contributed by atoms with E-state index < -0.39 is 5.91 Å². The molecule has 184 valence electrons. The maximum Gasteiger partial charge on any atom is 0.281 e. The summed E-state index contributed by atoms with van der Waals surface area (Å²) in [5, 5.41) is 10.6. The molecule has 0 saturated carbocycles. The van der Waals surface area contributed by atoms with Gasteiger partial charge < -0.3 is 5.32 Å². The molecular weight excluding hydrogens is 523 g/mol. The summed E-state index contributed by atoms with van der Waals surface area (Å²) in [4.78, 5) is 42.7. The van der Waals surface area contributed by atoms with E-state index >= 15 is 0 Å². The number of H-pyrrole nitrogens is 1. The number of hydrogen-bond donors (Lipinski definition) is 3. The van der Waals surface area contributed by atoms with Gasteiger partial charge in [0, 0.05) is 24.6 Å². The number of pyridine rings is 1. The topological polar surface area (TPSA) is 121 Å². The van der Waals surface area contributed by atoms with Gasteiger partial charge in [-0.3, -0.25) is 24.5 Å². The van der Waals surface area contributed by atoms with Crippen molar-refractivity contribution in [2.24, 2.45) is 5.10 Å². The lowest BCUT2D eigenvalue weighted by molar-refractivity contribution is 0.0950. The van der Waals surface area contributed by atoms with Gasteiger partial charge in [0.05, 0.1) is 36.8 Å². The number of nitrogens with zero attached hydrogens (tertiary/aromatic N) is 3. The minimum absolute atomic E-state index is 0.298. The molecule has 0 saturated heterocycles. The van der Waals surface area contributed by atoms with Crippen LogP contribution in [0.3, 0.4) is 0 Å². The zero-order valence-electron chi connectivity index (χ0n) is 19.1. The molecule has 0 bridgehead atoms. The minimum atomic E-state index is -0.497. The summed E-state index contributed by atoms with van der Waals surface area (Å²) in [6.45, 7) is 3.66. The standard InChI is InChI=1S/C24H20Cl2N6O3S/c1-13(21-14(2)31-32(24(21)35)16-5-6-17(25)18(26)10-16)29-30-23(34)20-8-7-19(36-20)22(33)28-12-15-4-3-9-27-11-15/h3-11,31H,12H2,1-2H3,(H,28,33)(H,30,34)/b29-13+. The van der Waals surface area contributed by atoms with Crippen molar-refractivity contribution in [3.05, 3.63) is 102 Å². The monoisotopic (exact) mass is 542 g/mol. The van der Waals surface area contributed by atoms with Crippen molar-refractivity contribution >= 4 is 52.1 Å². The number of aromatic amines is 1. The maximum atomic E-state index is 13.0. The zero-order valence-corrected chi connectivity index (χ0v) is 21.5. The largest absolute Gasteiger partial charge is 0.347 e. The second-order valence-electron chi connectivity index (χ2n) is 7.70. The first-order chi connectivity index (χ1) is 17.2. The van der Waals surface area contributed by atoms with Gasteiger partial charge in [0.15, 0.2) is 0 Å². The fraction of sp³-hybridized carbons (Fsp3) is 0.125. The molecule has 0 radical (unpaired) electrons. The van der Waals surface area contributed by atoms with E-state index in [1.54, 1.807) is 62.6 Å². The summed E-state index contributed by atoms with van der Waals surface area (Å²) in [6, 6.07) is 11.6. The Hall–Kier alpha value is -3.73. The van der Waals surface area contributed by atoms with Gasteiger partial charge in [-0.2, -0.15) is 5.10 Å². The predicted molar refractivity (Wildman–Crippen MR) is 141 cm³/mol. The molecule has 2 amide bonds. The van der Waals surface area contributed by atoms with Crippen molar-refractivity contribution in [1.82, 2.24) is 25.5 Å². The number of amides is 2. The second kappa shape index (κ2) is 10.9. The number of aryl methyl sites for hydroxylation is 1. The first-order valence-corrected chi connectivity index (χ1v) is 12.2. The number of carbonyl (C=O) groups is 2. The Labute approximate surface area is 219 Å². The first kappa shape index (κ1) is 25.4. The summed E-state index contributed by atoms with van der Waals surface area (Å²) in [5.74, 6) is -0.794. The SMILES string of the molecule is C/C(=N\NC(=O)c1ccc(C(=O)NCc2cccnc2)s1)c1c(C)[nH]n(-c2ccc(Cl)c(Cl)c2)c1=O. The van der Waals surface area contributed by atoms with Gasteiger partial charge in [-0.15, -0.1) is 11.3 Å². The molecule has 3 N–H and O–H groups in total. The molecule has 0 aliphatic carbocycles. The predicted octanol–water partition coefficient (Wildman–Crippen LogP) is 4.32. The highest BCUT2D eigenvalue weighted by Gasteiger charge is 2.17. The summed E-state index contributed by atoms with van der Waals surface area (Å²) >= 11 is 13.1. The van der Waals surface area contributed by atoms with Gasteiger partial charge in [0.2, 0.25) is 0 Å². The van der Waals surface area contributed by atoms with Crippen molar-refractivity contribution in [3.63, 3.8) is 0 Å². The maximum absolute atomic E-state index is 13.0. The molecule has 0 unspecified atom stereocenters. The van der Waals surface area contributed by atoms with Crippen molar-refractivity contribution in [3.8, 4) is 5.69 Å². The van der Waals surface area contributed by atoms with E-state index in [9.17, 15) is 14.4 Å². The Balaban J connectivity index is 1.44.